The number of benzene rings is 1. The Bertz CT molecular complexity index is 814. The summed E-state index contributed by atoms with van der Waals surface area (Å²) in [6.07, 6.45) is 1.12. The number of hydrogen-bond acceptors (Lipinski definition) is 7. The van der Waals surface area contributed by atoms with E-state index < -0.39 is 11.6 Å². The molecule has 0 amide bonds. The molecule has 0 radical (unpaired) electrons. The monoisotopic (exact) mass is 350 g/mol. The Morgan fingerprint density at radius 2 is 2.29 bits per heavy atom. The minimum Gasteiger partial charge on any atom is -0.466 e. The molecule has 0 spiro atoms. The number of nitrogens with zero attached hydrogens (tertiary/aromatic N) is 3. The molecule has 0 aliphatic rings. The molecule has 0 aliphatic carbocycles. The zero-order chi connectivity index (χ0) is 17.5. The molecule has 0 bridgehead atoms. The first kappa shape index (κ1) is 17.5. The lowest BCUT2D eigenvalue weighted by atomic mass is 10.1. The van der Waals surface area contributed by atoms with Crippen molar-refractivity contribution in [3.05, 3.63) is 46.0 Å². The van der Waals surface area contributed by atoms with Gasteiger partial charge < -0.3 is 4.74 Å². The molecule has 124 valence electrons. The number of rotatable bonds is 6. The van der Waals surface area contributed by atoms with Crippen LogP contribution in [0, 0.1) is 23.0 Å². The van der Waals surface area contributed by atoms with E-state index in [4.69, 9.17) is 10.00 Å². The summed E-state index contributed by atoms with van der Waals surface area (Å²) < 4.78 is 32.0. The van der Waals surface area contributed by atoms with Gasteiger partial charge in [0, 0.05) is 10.9 Å². The average molecular weight is 350 g/mol. The Balaban J connectivity index is 2.00. The predicted molar refractivity (Wildman–Crippen MR) is 84.7 cm³/mol. The molecule has 1 N–H and O–H groups in total. The minimum absolute atomic E-state index is 0.0468. The quantitative estimate of drug-likeness (QED) is 0.492. The number of hydrogen-bond donors (Lipinski definition) is 1. The summed E-state index contributed by atoms with van der Waals surface area (Å²) in [7, 11) is 0. The second kappa shape index (κ2) is 8.12. The van der Waals surface area contributed by atoms with E-state index >= 15 is 0 Å². The lowest BCUT2D eigenvalue weighted by Crippen LogP contribution is -2.07. The molecule has 1 aromatic carbocycles. The van der Waals surface area contributed by atoms with Gasteiger partial charge in [0.05, 0.1) is 30.5 Å². The van der Waals surface area contributed by atoms with E-state index in [0.717, 1.165) is 6.21 Å². The molecule has 6 nitrogen and oxygen atoms in total. The molecule has 1 aromatic heterocycles. The summed E-state index contributed by atoms with van der Waals surface area (Å²) in [6, 6.07) is 3.96. The van der Waals surface area contributed by atoms with Crippen molar-refractivity contribution >= 4 is 28.7 Å². The van der Waals surface area contributed by atoms with Crippen LogP contribution in [-0.4, -0.2) is 23.8 Å². The fourth-order valence-electron chi connectivity index (χ4n) is 1.71. The molecule has 0 saturated heterocycles. The fraction of sp³-hybridized carbons (Fsp3) is 0.200. The van der Waals surface area contributed by atoms with Gasteiger partial charge in [0.15, 0.2) is 11.6 Å². The van der Waals surface area contributed by atoms with Gasteiger partial charge in [-0.3, -0.25) is 10.2 Å². The predicted octanol–water partition coefficient (Wildman–Crippen LogP) is 2.84. The maximum absolute atomic E-state index is 13.7. The first-order valence-electron chi connectivity index (χ1n) is 6.82. The van der Waals surface area contributed by atoms with Gasteiger partial charge >= 0.3 is 5.97 Å². The van der Waals surface area contributed by atoms with Crippen molar-refractivity contribution in [2.45, 2.75) is 13.3 Å². The Hall–Kier alpha value is -2.86. The topological polar surface area (TPSA) is 87.4 Å². The number of nitriles is 1. The zero-order valence-electron chi connectivity index (χ0n) is 12.5. The molecule has 0 atom stereocenters. The van der Waals surface area contributed by atoms with Crippen molar-refractivity contribution in [2.75, 3.05) is 12.0 Å². The number of carbonyl (C=O) groups is 1. The Morgan fingerprint density at radius 1 is 1.50 bits per heavy atom. The van der Waals surface area contributed by atoms with E-state index in [1.54, 1.807) is 18.4 Å². The number of ether oxygens (including phenoxy) is 1. The van der Waals surface area contributed by atoms with Crippen LogP contribution in [0.2, 0.25) is 0 Å². The van der Waals surface area contributed by atoms with Gasteiger partial charge in [-0.2, -0.15) is 10.4 Å². The largest absolute Gasteiger partial charge is 0.466 e. The number of esters is 1. The normalized spacial score (nSPS) is 10.6. The van der Waals surface area contributed by atoms with Gasteiger partial charge in [-0.25, -0.2) is 13.8 Å². The van der Waals surface area contributed by atoms with Gasteiger partial charge in [-0.05, 0) is 19.1 Å². The van der Waals surface area contributed by atoms with Crippen molar-refractivity contribution in [1.29, 1.82) is 5.26 Å². The lowest BCUT2D eigenvalue weighted by Gasteiger charge is -2.00. The second-order valence-electron chi connectivity index (χ2n) is 4.44. The molecule has 0 fully saturated rings. The number of carbonyl (C=O) groups excluding carboxylic acids is 1. The van der Waals surface area contributed by atoms with Crippen molar-refractivity contribution < 1.29 is 18.3 Å². The van der Waals surface area contributed by atoms with E-state index in [0.29, 0.717) is 17.4 Å². The zero-order valence-corrected chi connectivity index (χ0v) is 13.4. The standard InChI is InChI=1S/C15H12F2N4O2S/c1-2-23-12(22)5-11-8-24-15(20-11)21-19-7-10-4-3-9(6-18)13(16)14(10)17/h3-4,7-8H,2,5H2,1H3,(H,20,21). The van der Waals surface area contributed by atoms with Crippen LogP contribution in [0.25, 0.3) is 0 Å². The lowest BCUT2D eigenvalue weighted by molar-refractivity contribution is -0.142. The van der Waals surface area contributed by atoms with Crippen LogP contribution in [-0.2, 0) is 16.0 Å². The molecule has 9 heteroatoms. The van der Waals surface area contributed by atoms with Crippen LogP contribution in [0.1, 0.15) is 23.7 Å². The third-order valence-corrected chi connectivity index (χ3v) is 3.57. The molecule has 1 heterocycles. The second-order valence-corrected chi connectivity index (χ2v) is 5.30. The van der Waals surface area contributed by atoms with Gasteiger partial charge in [0.25, 0.3) is 0 Å². The van der Waals surface area contributed by atoms with Gasteiger partial charge in [0.2, 0.25) is 5.13 Å². The van der Waals surface area contributed by atoms with Crippen LogP contribution in [0.5, 0.6) is 0 Å². The highest BCUT2D eigenvalue weighted by Crippen LogP contribution is 2.17. The van der Waals surface area contributed by atoms with Crippen LogP contribution in [0.4, 0.5) is 13.9 Å². The van der Waals surface area contributed by atoms with Gasteiger partial charge in [-0.15, -0.1) is 11.3 Å². The summed E-state index contributed by atoms with van der Waals surface area (Å²) in [5, 5.41) is 14.4. The van der Waals surface area contributed by atoms with E-state index in [2.05, 4.69) is 15.5 Å². The Morgan fingerprint density at radius 3 is 3.00 bits per heavy atom. The summed E-state index contributed by atoms with van der Waals surface area (Å²) in [5.41, 5.74) is 2.60. The van der Waals surface area contributed by atoms with Crippen molar-refractivity contribution in [3.8, 4) is 6.07 Å². The van der Waals surface area contributed by atoms with Crippen molar-refractivity contribution in [2.24, 2.45) is 5.10 Å². The number of hydrazone groups is 1. The van der Waals surface area contributed by atoms with E-state index in [-0.39, 0.29) is 23.5 Å². The molecular weight excluding hydrogens is 338 g/mol. The van der Waals surface area contributed by atoms with Crippen LogP contribution in [0.15, 0.2) is 22.6 Å². The Kier molecular flexibility index (Phi) is 5.92. The summed E-state index contributed by atoms with van der Waals surface area (Å²) >= 11 is 1.20. The highest BCUT2D eigenvalue weighted by molar-refractivity contribution is 7.13. The average Bonchev–Trinajstić information content (AvgIpc) is 2.99. The first-order valence-corrected chi connectivity index (χ1v) is 7.70. The minimum atomic E-state index is -1.22. The van der Waals surface area contributed by atoms with Crippen LogP contribution in [0.3, 0.4) is 0 Å². The maximum atomic E-state index is 13.7. The van der Waals surface area contributed by atoms with Crippen molar-refractivity contribution in [1.82, 2.24) is 4.98 Å². The SMILES string of the molecule is CCOC(=O)Cc1csc(NN=Cc2ccc(C#N)c(F)c2F)n1. The molecule has 0 aliphatic heterocycles. The van der Waals surface area contributed by atoms with E-state index in [1.807, 2.05) is 0 Å². The molecule has 24 heavy (non-hydrogen) atoms. The summed E-state index contributed by atoms with van der Waals surface area (Å²) in [5.74, 6) is -2.75. The van der Waals surface area contributed by atoms with Crippen LogP contribution < -0.4 is 5.43 Å². The molecule has 2 aromatic rings. The number of halogens is 2. The molecule has 0 saturated carbocycles. The first-order chi connectivity index (χ1) is 11.5. The highest BCUT2D eigenvalue weighted by atomic mass is 32.1. The smallest absolute Gasteiger partial charge is 0.311 e. The molecular formula is C15H12F2N4O2S. The van der Waals surface area contributed by atoms with Gasteiger partial charge in [0.1, 0.15) is 6.07 Å². The molecule has 2 rings (SSSR count). The number of aromatic nitrogens is 1. The number of thiazole rings is 1. The van der Waals surface area contributed by atoms with E-state index in [1.165, 1.54) is 23.5 Å². The highest BCUT2D eigenvalue weighted by Gasteiger charge is 2.12. The summed E-state index contributed by atoms with van der Waals surface area (Å²) in [4.78, 5) is 15.4. The molecule has 0 unspecified atom stereocenters. The summed E-state index contributed by atoms with van der Waals surface area (Å²) in [6.45, 7) is 2.01. The number of nitrogens with one attached hydrogen (secondary N) is 1. The fourth-order valence-corrected chi connectivity index (χ4v) is 2.37. The third-order valence-electron chi connectivity index (χ3n) is 2.78. The van der Waals surface area contributed by atoms with Gasteiger partial charge in [-0.1, -0.05) is 0 Å². The number of anilines is 1. The maximum Gasteiger partial charge on any atom is 0.311 e. The van der Waals surface area contributed by atoms with Crippen LogP contribution >= 0.6 is 11.3 Å². The van der Waals surface area contributed by atoms with Crippen molar-refractivity contribution in [3.63, 3.8) is 0 Å². The Labute approximate surface area is 140 Å². The third kappa shape index (κ3) is 4.33. The van der Waals surface area contributed by atoms with E-state index in [9.17, 15) is 13.6 Å².